The van der Waals surface area contributed by atoms with E-state index in [4.69, 9.17) is 23.2 Å². The van der Waals surface area contributed by atoms with Gasteiger partial charge in [-0.05, 0) is 30.9 Å². The Morgan fingerprint density at radius 1 is 1.30 bits per heavy atom. The van der Waals surface area contributed by atoms with E-state index in [1.165, 1.54) is 22.7 Å². The van der Waals surface area contributed by atoms with Gasteiger partial charge in [-0.1, -0.05) is 23.2 Å². The van der Waals surface area contributed by atoms with E-state index in [0.29, 0.717) is 24.1 Å². The summed E-state index contributed by atoms with van der Waals surface area (Å²) in [4.78, 5) is 26.4. The van der Waals surface area contributed by atoms with Crippen LogP contribution >= 0.6 is 35.0 Å². The van der Waals surface area contributed by atoms with E-state index in [2.05, 4.69) is 5.32 Å². The molecule has 0 aromatic heterocycles. The lowest BCUT2D eigenvalue weighted by Gasteiger charge is -2.23. The van der Waals surface area contributed by atoms with Crippen LogP contribution in [0.3, 0.4) is 0 Å². The molecule has 2 fully saturated rings. The zero-order valence-electron chi connectivity index (χ0n) is 12.2. The average Bonchev–Trinajstić information content (AvgIpc) is 3.22. The predicted octanol–water partition coefficient (Wildman–Crippen LogP) is 3.17. The van der Waals surface area contributed by atoms with E-state index in [9.17, 15) is 14.0 Å². The molecule has 1 saturated carbocycles. The summed E-state index contributed by atoms with van der Waals surface area (Å²) in [5.74, 6) is 0.137. The van der Waals surface area contributed by atoms with Gasteiger partial charge in [0.1, 0.15) is 11.9 Å². The van der Waals surface area contributed by atoms with Crippen LogP contribution in [0, 0.1) is 11.7 Å². The Kier molecular flexibility index (Phi) is 5.04. The lowest BCUT2D eigenvalue weighted by atomic mass is 10.1. The van der Waals surface area contributed by atoms with Crippen molar-refractivity contribution in [3.8, 4) is 0 Å². The molecule has 1 heterocycles. The van der Waals surface area contributed by atoms with Gasteiger partial charge >= 0.3 is 0 Å². The fraction of sp³-hybridized carbons (Fsp3) is 0.467. The zero-order chi connectivity index (χ0) is 16.6. The number of nitrogens with one attached hydrogen (secondary N) is 1. The summed E-state index contributed by atoms with van der Waals surface area (Å²) >= 11 is 13.1. The molecule has 0 unspecified atom stereocenters. The summed E-state index contributed by atoms with van der Waals surface area (Å²) in [5, 5.41) is 2.82. The van der Waals surface area contributed by atoms with Gasteiger partial charge in [-0.2, -0.15) is 0 Å². The van der Waals surface area contributed by atoms with Crippen LogP contribution in [0.25, 0.3) is 0 Å². The van der Waals surface area contributed by atoms with Gasteiger partial charge in [0.05, 0.1) is 21.5 Å². The molecule has 1 aliphatic heterocycles. The molecule has 0 spiro atoms. The summed E-state index contributed by atoms with van der Waals surface area (Å²) in [6.45, 7) is 0.651. The van der Waals surface area contributed by atoms with Crippen molar-refractivity contribution in [2.45, 2.75) is 18.9 Å². The van der Waals surface area contributed by atoms with E-state index >= 15 is 0 Å². The van der Waals surface area contributed by atoms with Gasteiger partial charge in [0, 0.05) is 12.3 Å². The zero-order valence-corrected chi connectivity index (χ0v) is 14.5. The largest absolute Gasteiger partial charge is 0.354 e. The number of thioether (sulfide) groups is 1. The first kappa shape index (κ1) is 16.9. The first-order chi connectivity index (χ1) is 11.0. The third-order valence-electron chi connectivity index (χ3n) is 3.95. The highest BCUT2D eigenvalue weighted by atomic mass is 35.5. The third-order valence-corrected chi connectivity index (χ3v) is 5.56. The highest BCUT2D eigenvalue weighted by Crippen LogP contribution is 2.30. The van der Waals surface area contributed by atoms with Gasteiger partial charge in [0.15, 0.2) is 0 Å². The number of hydrogen-bond donors (Lipinski definition) is 1. The van der Waals surface area contributed by atoms with Crippen molar-refractivity contribution >= 4 is 46.8 Å². The molecule has 1 atom stereocenters. The van der Waals surface area contributed by atoms with E-state index < -0.39 is 17.8 Å². The molecule has 3 rings (SSSR count). The Morgan fingerprint density at radius 2 is 2.04 bits per heavy atom. The normalized spacial score (nSPS) is 20.7. The standard InChI is InChI=1S/C15H15Cl2FN2O2S/c16-10-4-11(17)12(18)3-9(10)15(22)20-7-23-6-13(20)14(21)19-5-8-1-2-8/h3-4,8,13H,1-2,5-7H2,(H,19,21)/t13-/m1/s1. The van der Waals surface area contributed by atoms with Crippen molar-refractivity contribution in [2.75, 3.05) is 18.2 Å². The Hall–Kier alpha value is -0.980. The van der Waals surface area contributed by atoms with Crippen LogP contribution in [0.1, 0.15) is 23.2 Å². The van der Waals surface area contributed by atoms with Gasteiger partial charge in [0.2, 0.25) is 5.91 Å². The van der Waals surface area contributed by atoms with Crippen LogP contribution in [0.5, 0.6) is 0 Å². The molecule has 2 aliphatic rings. The number of amides is 2. The monoisotopic (exact) mass is 376 g/mol. The van der Waals surface area contributed by atoms with Crippen molar-refractivity contribution in [1.29, 1.82) is 0 Å². The molecule has 23 heavy (non-hydrogen) atoms. The molecular weight excluding hydrogens is 362 g/mol. The van der Waals surface area contributed by atoms with Crippen LogP contribution in [0.2, 0.25) is 10.0 Å². The lowest BCUT2D eigenvalue weighted by Crippen LogP contribution is -2.47. The van der Waals surface area contributed by atoms with Crippen LogP contribution in [-0.2, 0) is 4.79 Å². The number of halogens is 3. The van der Waals surface area contributed by atoms with E-state index in [1.54, 1.807) is 0 Å². The quantitative estimate of drug-likeness (QED) is 0.821. The number of hydrogen-bond acceptors (Lipinski definition) is 3. The number of rotatable bonds is 4. The van der Waals surface area contributed by atoms with Crippen molar-refractivity contribution in [3.05, 3.63) is 33.6 Å². The highest BCUT2D eigenvalue weighted by molar-refractivity contribution is 7.99. The summed E-state index contributed by atoms with van der Waals surface area (Å²) in [6, 6.07) is 1.67. The van der Waals surface area contributed by atoms with Gasteiger partial charge < -0.3 is 10.2 Å². The maximum atomic E-state index is 13.6. The second-order valence-corrected chi connectivity index (χ2v) is 7.54. The van der Waals surface area contributed by atoms with Gasteiger partial charge in [0.25, 0.3) is 5.91 Å². The summed E-state index contributed by atoms with van der Waals surface area (Å²) < 4.78 is 13.6. The predicted molar refractivity (Wildman–Crippen MR) is 89.4 cm³/mol. The van der Waals surface area contributed by atoms with Crippen molar-refractivity contribution in [2.24, 2.45) is 5.92 Å². The number of carbonyl (C=O) groups excluding carboxylic acids is 2. The van der Waals surface area contributed by atoms with Crippen LogP contribution in [-0.4, -0.2) is 40.9 Å². The molecule has 1 N–H and O–H groups in total. The molecule has 1 aromatic rings. The summed E-state index contributed by atoms with van der Waals surface area (Å²) in [7, 11) is 0. The van der Waals surface area contributed by atoms with Crippen molar-refractivity contribution in [3.63, 3.8) is 0 Å². The molecule has 1 saturated heterocycles. The molecule has 0 bridgehead atoms. The summed E-state index contributed by atoms with van der Waals surface area (Å²) in [6.07, 6.45) is 2.28. The first-order valence-electron chi connectivity index (χ1n) is 7.28. The fourth-order valence-electron chi connectivity index (χ4n) is 2.39. The minimum Gasteiger partial charge on any atom is -0.354 e. The highest BCUT2D eigenvalue weighted by Gasteiger charge is 2.36. The molecule has 1 aromatic carbocycles. The number of benzene rings is 1. The lowest BCUT2D eigenvalue weighted by molar-refractivity contribution is -0.124. The summed E-state index contributed by atoms with van der Waals surface area (Å²) in [5.41, 5.74) is 0.0241. The Morgan fingerprint density at radius 3 is 2.74 bits per heavy atom. The SMILES string of the molecule is O=C(NCC1CC1)[C@H]1CSCN1C(=O)c1cc(F)c(Cl)cc1Cl. The fourth-order valence-corrected chi connectivity index (χ4v) is 4.00. The maximum Gasteiger partial charge on any atom is 0.256 e. The van der Waals surface area contributed by atoms with Gasteiger partial charge in [-0.25, -0.2) is 4.39 Å². The second-order valence-electron chi connectivity index (χ2n) is 5.73. The van der Waals surface area contributed by atoms with Crippen LogP contribution < -0.4 is 5.32 Å². The van der Waals surface area contributed by atoms with Gasteiger partial charge in [-0.3, -0.25) is 9.59 Å². The molecule has 124 valence electrons. The molecule has 2 amide bonds. The van der Waals surface area contributed by atoms with Crippen LogP contribution in [0.15, 0.2) is 12.1 Å². The molecule has 1 aliphatic carbocycles. The van der Waals surface area contributed by atoms with E-state index in [1.807, 2.05) is 0 Å². The number of nitrogens with zero attached hydrogens (tertiary/aromatic N) is 1. The number of carbonyl (C=O) groups is 2. The van der Waals surface area contributed by atoms with Gasteiger partial charge in [-0.15, -0.1) is 11.8 Å². The Labute approximate surface area is 147 Å². The molecule has 0 radical (unpaired) electrons. The minimum atomic E-state index is -0.707. The smallest absolute Gasteiger partial charge is 0.256 e. The van der Waals surface area contributed by atoms with Crippen molar-refractivity contribution < 1.29 is 14.0 Å². The molecule has 8 heteroatoms. The van der Waals surface area contributed by atoms with E-state index in [-0.39, 0.29) is 21.5 Å². The maximum absolute atomic E-state index is 13.6. The average molecular weight is 377 g/mol. The topological polar surface area (TPSA) is 49.4 Å². The molecule has 4 nitrogen and oxygen atoms in total. The van der Waals surface area contributed by atoms with E-state index in [0.717, 1.165) is 18.9 Å². The Bertz CT molecular complexity index is 655. The Balaban J connectivity index is 1.74. The second kappa shape index (κ2) is 6.87. The first-order valence-corrected chi connectivity index (χ1v) is 9.19. The minimum absolute atomic E-state index is 0.0241. The molecular formula is C15H15Cl2FN2O2S. The third kappa shape index (κ3) is 3.75. The van der Waals surface area contributed by atoms with Crippen molar-refractivity contribution in [1.82, 2.24) is 10.2 Å². The van der Waals surface area contributed by atoms with Crippen LogP contribution in [0.4, 0.5) is 4.39 Å².